The Morgan fingerprint density at radius 1 is 0.967 bits per heavy atom. The van der Waals surface area contributed by atoms with Gasteiger partial charge in [0.25, 0.3) is 0 Å². The lowest BCUT2D eigenvalue weighted by atomic mass is 10.0. The Hall–Kier alpha value is -4.26. The third-order valence-electron chi connectivity index (χ3n) is 4.98. The Morgan fingerprint density at radius 3 is 2.30 bits per heavy atom. The van der Waals surface area contributed by atoms with Crippen LogP contribution in [-0.2, 0) is 0 Å². The standard InChI is InChI=1S/C23H16N4O3/c1-14-12-18-17(22(30-25-18)16-10-6-3-7-11-16)13-19(14)27-21(15-8-4-2-5-9-15)20(23(28)29)24-26-27/h2-13H,1H3,(H,28,29). The van der Waals surface area contributed by atoms with Gasteiger partial charge in [-0.25, -0.2) is 9.48 Å². The Balaban J connectivity index is 1.76. The van der Waals surface area contributed by atoms with E-state index in [2.05, 4.69) is 15.5 Å². The second-order valence-corrected chi connectivity index (χ2v) is 6.90. The van der Waals surface area contributed by atoms with Crippen molar-refractivity contribution in [1.82, 2.24) is 20.2 Å². The van der Waals surface area contributed by atoms with Crippen LogP contribution in [0.4, 0.5) is 0 Å². The van der Waals surface area contributed by atoms with Crippen LogP contribution >= 0.6 is 0 Å². The highest BCUT2D eigenvalue weighted by atomic mass is 16.5. The van der Waals surface area contributed by atoms with Crippen molar-refractivity contribution in [3.05, 3.63) is 84.1 Å². The van der Waals surface area contributed by atoms with Crippen LogP contribution in [0, 0.1) is 6.92 Å². The van der Waals surface area contributed by atoms with Crippen molar-refractivity contribution in [3.63, 3.8) is 0 Å². The lowest BCUT2D eigenvalue weighted by Crippen LogP contribution is -2.04. The minimum Gasteiger partial charge on any atom is -0.476 e. The molecule has 0 amide bonds. The molecular formula is C23H16N4O3. The number of benzene rings is 3. The van der Waals surface area contributed by atoms with Gasteiger partial charge in [0.1, 0.15) is 11.2 Å². The summed E-state index contributed by atoms with van der Waals surface area (Å²) in [4.78, 5) is 11.8. The molecule has 2 heterocycles. The van der Waals surface area contributed by atoms with Gasteiger partial charge in [-0.2, -0.15) is 0 Å². The maximum absolute atomic E-state index is 11.8. The smallest absolute Gasteiger partial charge is 0.358 e. The van der Waals surface area contributed by atoms with E-state index in [0.29, 0.717) is 22.7 Å². The quantitative estimate of drug-likeness (QED) is 0.471. The second kappa shape index (κ2) is 6.97. The van der Waals surface area contributed by atoms with Crippen molar-refractivity contribution in [3.8, 4) is 28.3 Å². The van der Waals surface area contributed by atoms with Crippen molar-refractivity contribution < 1.29 is 14.4 Å². The predicted molar refractivity (Wildman–Crippen MR) is 111 cm³/mol. The molecule has 0 spiro atoms. The number of aryl methyl sites for hydroxylation is 1. The molecule has 1 N–H and O–H groups in total. The number of carbonyl (C=O) groups is 1. The number of carboxylic acid groups (broad SMARTS) is 1. The molecule has 0 atom stereocenters. The first kappa shape index (κ1) is 17.8. The lowest BCUT2D eigenvalue weighted by molar-refractivity contribution is 0.0691. The number of aromatic nitrogens is 4. The van der Waals surface area contributed by atoms with Gasteiger partial charge in [0.05, 0.1) is 11.1 Å². The van der Waals surface area contributed by atoms with E-state index in [0.717, 1.165) is 22.0 Å². The van der Waals surface area contributed by atoms with Gasteiger partial charge in [-0.05, 0) is 24.6 Å². The minimum atomic E-state index is -1.13. The Morgan fingerprint density at radius 2 is 1.63 bits per heavy atom. The first-order valence-corrected chi connectivity index (χ1v) is 9.33. The molecule has 0 saturated heterocycles. The zero-order valence-corrected chi connectivity index (χ0v) is 16.0. The summed E-state index contributed by atoms with van der Waals surface area (Å²) in [6, 6.07) is 22.8. The van der Waals surface area contributed by atoms with E-state index in [9.17, 15) is 9.90 Å². The molecule has 0 aliphatic rings. The van der Waals surface area contributed by atoms with Gasteiger partial charge in [-0.15, -0.1) is 5.10 Å². The van der Waals surface area contributed by atoms with E-state index < -0.39 is 5.97 Å². The molecular weight excluding hydrogens is 380 g/mol. The van der Waals surface area contributed by atoms with Crippen LogP contribution in [0.5, 0.6) is 0 Å². The summed E-state index contributed by atoms with van der Waals surface area (Å²) in [5.74, 6) is -0.486. The Labute approximate surface area is 171 Å². The summed E-state index contributed by atoms with van der Waals surface area (Å²) in [7, 11) is 0. The number of hydrogen-bond donors (Lipinski definition) is 1. The summed E-state index contributed by atoms with van der Waals surface area (Å²) in [6.45, 7) is 1.92. The summed E-state index contributed by atoms with van der Waals surface area (Å²) in [5, 5.41) is 22.8. The maximum atomic E-state index is 11.8. The Bertz CT molecular complexity index is 1370. The van der Waals surface area contributed by atoms with Crippen molar-refractivity contribution in [1.29, 1.82) is 0 Å². The number of aromatic carboxylic acids is 1. The average molecular weight is 396 g/mol. The largest absolute Gasteiger partial charge is 0.476 e. The third-order valence-corrected chi connectivity index (χ3v) is 4.98. The van der Waals surface area contributed by atoms with E-state index in [4.69, 9.17) is 4.52 Å². The van der Waals surface area contributed by atoms with E-state index in [-0.39, 0.29) is 5.69 Å². The van der Waals surface area contributed by atoms with E-state index >= 15 is 0 Å². The topological polar surface area (TPSA) is 94.0 Å². The number of carboxylic acids is 1. The van der Waals surface area contributed by atoms with Crippen LogP contribution in [0.1, 0.15) is 16.1 Å². The van der Waals surface area contributed by atoms with Gasteiger partial charge in [0, 0.05) is 11.1 Å². The fraction of sp³-hybridized carbons (Fsp3) is 0.0435. The van der Waals surface area contributed by atoms with Crippen molar-refractivity contribution in [2.45, 2.75) is 6.92 Å². The molecule has 30 heavy (non-hydrogen) atoms. The highest BCUT2D eigenvalue weighted by Crippen LogP contribution is 2.33. The van der Waals surface area contributed by atoms with Gasteiger partial charge in [-0.1, -0.05) is 71.0 Å². The normalized spacial score (nSPS) is 11.1. The van der Waals surface area contributed by atoms with Gasteiger partial charge in [0.15, 0.2) is 11.5 Å². The first-order chi connectivity index (χ1) is 14.6. The molecule has 2 aromatic heterocycles. The van der Waals surface area contributed by atoms with Crippen LogP contribution in [0.3, 0.4) is 0 Å². The van der Waals surface area contributed by atoms with Gasteiger partial charge in [-0.3, -0.25) is 0 Å². The Kier molecular flexibility index (Phi) is 4.14. The number of rotatable bonds is 4. The molecule has 7 nitrogen and oxygen atoms in total. The molecule has 0 aliphatic carbocycles. The minimum absolute atomic E-state index is 0.103. The molecule has 3 aromatic carbocycles. The molecule has 0 fully saturated rings. The van der Waals surface area contributed by atoms with Crippen LogP contribution in [0.15, 0.2) is 77.3 Å². The third kappa shape index (κ3) is 2.84. The number of fused-ring (bicyclic) bond motifs is 1. The van der Waals surface area contributed by atoms with Crippen LogP contribution in [0.25, 0.3) is 39.2 Å². The fourth-order valence-corrected chi connectivity index (χ4v) is 3.56. The SMILES string of the molecule is Cc1cc2noc(-c3ccccc3)c2cc1-n1nnc(C(=O)O)c1-c1ccccc1. The van der Waals surface area contributed by atoms with Gasteiger partial charge >= 0.3 is 5.97 Å². The summed E-state index contributed by atoms with van der Waals surface area (Å²) >= 11 is 0. The molecule has 0 aliphatic heterocycles. The van der Waals surface area contributed by atoms with Crippen molar-refractivity contribution >= 4 is 16.9 Å². The lowest BCUT2D eigenvalue weighted by Gasteiger charge is -2.10. The number of hydrogen-bond acceptors (Lipinski definition) is 5. The van der Waals surface area contributed by atoms with Gasteiger partial charge in [0.2, 0.25) is 0 Å². The molecule has 0 saturated carbocycles. The molecule has 0 bridgehead atoms. The summed E-state index contributed by atoms with van der Waals surface area (Å²) < 4.78 is 7.18. The van der Waals surface area contributed by atoms with Crippen LogP contribution < -0.4 is 0 Å². The monoisotopic (exact) mass is 396 g/mol. The zero-order valence-electron chi connectivity index (χ0n) is 16.0. The predicted octanol–water partition coefficient (Wildman–Crippen LogP) is 4.75. The van der Waals surface area contributed by atoms with Crippen LogP contribution in [-0.4, -0.2) is 31.2 Å². The van der Waals surface area contributed by atoms with E-state index in [1.54, 1.807) is 4.68 Å². The molecule has 146 valence electrons. The highest BCUT2D eigenvalue weighted by molar-refractivity contribution is 5.95. The molecule has 7 heteroatoms. The van der Waals surface area contributed by atoms with Crippen LogP contribution in [0.2, 0.25) is 0 Å². The van der Waals surface area contributed by atoms with Gasteiger partial charge < -0.3 is 9.63 Å². The molecule has 0 unspecified atom stereocenters. The summed E-state index contributed by atoms with van der Waals surface area (Å²) in [5.41, 5.74) is 4.24. The van der Waals surface area contributed by atoms with Crippen molar-refractivity contribution in [2.24, 2.45) is 0 Å². The maximum Gasteiger partial charge on any atom is 0.358 e. The van der Waals surface area contributed by atoms with Crippen molar-refractivity contribution in [2.75, 3.05) is 0 Å². The molecule has 5 aromatic rings. The zero-order chi connectivity index (χ0) is 20.7. The average Bonchev–Trinajstić information content (AvgIpc) is 3.38. The van der Waals surface area contributed by atoms with E-state index in [1.807, 2.05) is 79.7 Å². The first-order valence-electron chi connectivity index (χ1n) is 9.33. The van der Waals surface area contributed by atoms with E-state index in [1.165, 1.54) is 0 Å². The molecule has 5 rings (SSSR count). The second-order valence-electron chi connectivity index (χ2n) is 6.90. The molecule has 0 radical (unpaired) electrons. The summed E-state index contributed by atoms with van der Waals surface area (Å²) in [6.07, 6.45) is 0. The number of nitrogens with zero attached hydrogens (tertiary/aromatic N) is 4. The fourth-order valence-electron chi connectivity index (χ4n) is 3.56. The highest BCUT2D eigenvalue weighted by Gasteiger charge is 2.23.